The molecule has 11 nitrogen and oxygen atoms in total. The van der Waals surface area contributed by atoms with E-state index in [4.69, 9.17) is 24.8 Å². The van der Waals surface area contributed by atoms with Crippen molar-refractivity contribution in [2.75, 3.05) is 19.8 Å². The minimum atomic E-state index is -4.71. The number of nitrogens with two attached hydrogens (primary N) is 1. The first kappa shape index (κ1) is 51.0. The third-order valence-corrected chi connectivity index (χ3v) is 9.87. The molecule has 3 unspecified atom stereocenters. The van der Waals surface area contributed by atoms with Crippen molar-refractivity contribution in [3.63, 3.8) is 0 Å². The van der Waals surface area contributed by atoms with Crippen LogP contribution in [-0.4, -0.2) is 59.9 Å². The average Bonchev–Trinajstić information content (AvgIpc) is 3.13. The van der Waals surface area contributed by atoms with Crippen molar-refractivity contribution >= 4 is 25.7 Å². The van der Waals surface area contributed by atoms with Crippen LogP contribution in [0.4, 0.5) is 0 Å². The number of allylic oxidation sites excluding steroid dienone is 4. The van der Waals surface area contributed by atoms with Gasteiger partial charge in [-0.1, -0.05) is 134 Å². The van der Waals surface area contributed by atoms with Crippen molar-refractivity contribution in [3.05, 3.63) is 24.3 Å². The van der Waals surface area contributed by atoms with E-state index in [-0.39, 0.29) is 19.4 Å². The van der Waals surface area contributed by atoms with Gasteiger partial charge in [-0.05, 0) is 64.2 Å². The summed E-state index contributed by atoms with van der Waals surface area (Å²) >= 11 is 0. The van der Waals surface area contributed by atoms with Gasteiger partial charge in [0.2, 0.25) is 0 Å². The fourth-order valence-electron chi connectivity index (χ4n) is 5.58. The Bertz CT molecular complexity index is 1010. The summed E-state index contributed by atoms with van der Waals surface area (Å²) in [6.07, 6.45) is 36.7. The third-order valence-electron chi connectivity index (χ3n) is 8.92. The number of esters is 2. The number of phosphoric ester groups is 1. The maximum atomic E-state index is 12.6. The van der Waals surface area contributed by atoms with E-state index in [9.17, 15) is 23.8 Å². The molecule has 0 aliphatic rings. The summed E-state index contributed by atoms with van der Waals surface area (Å²) in [5, 5.41) is 8.87. The van der Waals surface area contributed by atoms with Gasteiger partial charge >= 0.3 is 25.7 Å². The second-order valence-corrected chi connectivity index (χ2v) is 15.6. The van der Waals surface area contributed by atoms with Crippen molar-refractivity contribution < 1.29 is 47.5 Å². The zero-order valence-corrected chi connectivity index (χ0v) is 34.3. The van der Waals surface area contributed by atoms with Gasteiger partial charge in [-0.25, -0.2) is 4.57 Å². The van der Waals surface area contributed by atoms with Gasteiger partial charge in [0.15, 0.2) is 6.10 Å². The highest BCUT2D eigenvalue weighted by molar-refractivity contribution is 7.47. The van der Waals surface area contributed by atoms with Gasteiger partial charge in [0, 0.05) is 12.8 Å². The highest BCUT2D eigenvalue weighted by atomic mass is 31.2. The number of aliphatic carboxylic acids is 1. The van der Waals surface area contributed by atoms with Crippen LogP contribution >= 0.6 is 7.82 Å². The number of carboxylic acid groups (broad SMARTS) is 1. The van der Waals surface area contributed by atoms with Crippen molar-refractivity contribution in [2.24, 2.45) is 5.73 Å². The Morgan fingerprint density at radius 3 is 1.38 bits per heavy atom. The SMILES string of the molecule is CCCCCCC/C=C\CCCCCCCC(=O)OCC(COP(=O)(O)OCC(N)C(=O)O)OC(=O)CCCCCCC/C=C\CCCCCCCC. The fraction of sp³-hybridized carbons (Fsp3) is 0.829. The normalized spacial score (nSPS) is 14.0. The van der Waals surface area contributed by atoms with E-state index in [1.54, 1.807) is 0 Å². The lowest BCUT2D eigenvalue weighted by molar-refractivity contribution is -0.161. The molecule has 0 heterocycles. The molecule has 0 spiro atoms. The Balaban J connectivity index is 4.41. The average molecular weight is 774 g/mol. The first-order valence-electron chi connectivity index (χ1n) is 20.9. The van der Waals surface area contributed by atoms with Gasteiger partial charge in [0.05, 0.1) is 13.2 Å². The number of carbonyl (C=O) groups excluding carboxylic acids is 2. The highest BCUT2D eigenvalue weighted by Gasteiger charge is 2.28. The van der Waals surface area contributed by atoms with Crippen LogP contribution in [0.5, 0.6) is 0 Å². The minimum absolute atomic E-state index is 0.151. The van der Waals surface area contributed by atoms with E-state index >= 15 is 0 Å². The quantitative estimate of drug-likeness (QED) is 0.0235. The van der Waals surface area contributed by atoms with Gasteiger partial charge < -0.3 is 25.2 Å². The van der Waals surface area contributed by atoms with Crippen molar-refractivity contribution in [1.82, 2.24) is 0 Å². The molecule has 0 aromatic heterocycles. The summed E-state index contributed by atoms with van der Waals surface area (Å²) in [5.41, 5.74) is 5.32. The van der Waals surface area contributed by atoms with E-state index in [0.717, 1.165) is 77.0 Å². The van der Waals surface area contributed by atoms with E-state index in [2.05, 4.69) is 42.7 Å². The van der Waals surface area contributed by atoms with Gasteiger partial charge in [-0.3, -0.25) is 23.4 Å². The monoisotopic (exact) mass is 774 g/mol. The number of rotatable bonds is 39. The first-order chi connectivity index (χ1) is 25.6. The number of hydrogen-bond acceptors (Lipinski definition) is 9. The zero-order valence-electron chi connectivity index (χ0n) is 33.4. The molecule has 0 rings (SSSR count). The summed E-state index contributed by atoms with van der Waals surface area (Å²) in [7, 11) is -4.71. The summed E-state index contributed by atoms with van der Waals surface area (Å²) in [4.78, 5) is 45.8. The summed E-state index contributed by atoms with van der Waals surface area (Å²) < 4.78 is 32.6. The molecule has 0 fully saturated rings. The molecule has 12 heteroatoms. The number of hydrogen-bond donors (Lipinski definition) is 3. The smallest absolute Gasteiger partial charge is 0.472 e. The topological polar surface area (TPSA) is 172 Å². The summed E-state index contributed by atoms with van der Waals surface area (Å²) in [6, 6.07) is -1.52. The van der Waals surface area contributed by atoms with E-state index in [0.29, 0.717) is 12.8 Å². The standard InChI is InChI=1S/C41H76NO10P/c1-3-5-7-9-11-13-15-17-19-21-23-25-27-29-31-33-40(44)52-37(35-50-53(47,48)51-36-38(42)41(45)46)34-49-39(43)32-30-28-26-24-22-20-18-16-14-12-10-8-6-4-2/h16-19,37-38H,3-15,20-36,42H2,1-2H3,(H,45,46)(H,47,48)/b18-16-,19-17-. The Morgan fingerprint density at radius 2 is 0.943 bits per heavy atom. The second-order valence-electron chi connectivity index (χ2n) is 14.1. The molecule has 0 bridgehead atoms. The van der Waals surface area contributed by atoms with Crippen LogP contribution in [0.2, 0.25) is 0 Å². The number of ether oxygens (including phenoxy) is 2. The van der Waals surface area contributed by atoms with Crippen LogP contribution in [0.3, 0.4) is 0 Å². The number of carboxylic acids is 1. The Hall–Kier alpha value is -2.04. The molecular formula is C41H76NO10P. The van der Waals surface area contributed by atoms with Crippen LogP contribution in [0, 0.1) is 0 Å². The molecule has 0 saturated carbocycles. The maximum Gasteiger partial charge on any atom is 0.472 e. The summed E-state index contributed by atoms with van der Waals surface area (Å²) in [6.45, 7) is 2.77. The van der Waals surface area contributed by atoms with Crippen LogP contribution in [0.1, 0.15) is 187 Å². The molecule has 53 heavy (non-hydrogen) atoms. The molecule has 310 valence electrons. The van der Waals surface area contributed by atoms with Gasteiger partial charge in [0.1, 0.15) is 12.6 Å². The molecular weight excluding hydrogens is 697 g/mol. The molecule has 4 N–H and O–H groups in total. The van der Waals surface area contributed by atoms with Crippen LogP contribution in [-0.2, 0) is 37.5 Å². The lowest BCUT2D eigenvalue weighted by Crippen LogP contribution is -2.34. The Morgan fingerprint density at radius 1 is 0.566 bits per heavy atom. The molecule has 0 radical (unpaired) electrons. The maximum absolute atomic E-state index is 12.6. The number of unbranched alkanes of at least 4 members (excludes halogenated alkanes) is 21. The van der Waals surface area contributed by atoms with Gasteiger partial charge in [-0.15, -0.1) is 0 Å². The van der Waals surface area contributed by atoms with Crippen molar-refractivity contribution in [1.29, 1.82) is 0 Å². The van der Waals surface area contributed by atoms with Crippen LogP contribution in [0.25, 0.3) is 0 Å². The number of carbonyl (C=O) groups is 3. The first-order valence-corrected chi connectivity index (χ1v) is 22.4. The zero-order chi connectivity index (χ0) is 39.3. The highest BCUT2D eigenvalue weighted by Crippen LogP contribution is 2.43. The van der Waals surface area contributed by atoms with Crippen LogP contribution in [0.15, 0.2) is 24.3 Å². The van der Waals surface area contributed by atoms with Crippen molar-refractivity contribution in [3.8, 4) is 0 Å². The van der Waals surface area contributed by atoms with Crippen LogP contribution < -0.4 is 5.73 Å². The Labute approximate surface area is 321 Å². The van der Waals surface area contributed by atoms with Gasteiger partial charge in [0.25, 0.3) is 0 Å². The molecule has 0 amide bonds. The molecule has 3 atom stereocenters. The molecule has 0 aliphatic carbocycles. The molecule has 0 aliphatic heterocycles. The second kappa shape index (κ2) is 36.9. The van der Waals surface area contributed by atoms with Crippen molar-refractivity contribution in [2.45, 2.75) is 199 Å². The number of phosphoric acid groups is 1. The lowest BCUT2D eigenvalue weighted by Gasteiger charge is -2.20. The summed E-state index contributed by atoms with van der Waals surface area (Å²) in [5.74, 6) is -2.40. The largest absolute Gasteiger partial charge is 0.480 e. The minimum Gasteiger partial charge on any atom is -0.480 e. The predicted molar refractivity (Wildman–Crippen MR) is 212 cm³/mol. The Kier molecular flexibility index (Phi) is 35.5. The lowest BCUT2D eigenvalue weighted by atomic mass is 10.1. The third kappa shape index (κ3) is 36.7. The molecule has 0 saturated heterocycles. The molecule has 0 aromatic carbocycles. The molecule has 0 aromatic rings. The predicted octanol–water partition coefficient (Wildman–Crippen LogP) is 10.7. The van der Waals surface area contributed by atoms with E-state index < -0.39 is 51.1 Å². The van der Waals surface area contributed by atoms with E-state index in [1.807, 2.05) is 0 Å². The fourth-order valence-corrected chi connectivity index (χ4v) is 6.36. The van der Waals surface area contributed by atoms with E-state index in [1.165, 1.54) is 70.6 Å². The van der Waals surface area contributed by atoms with Gasteiger partial charge in [-0.2, -0.15) is 0 Å².